The van der Waals surface area contributed by atoms with Crippen LogP contribution in [0.5, 0.6) is 0 Å². The zero-order chi connectivity index (χ0) is 11.7. The van der Waals surface area contributed by atoms with Crippen molar-refractivity contribution in [3.8, 4) is 0 Å². The number of aromatic nitrogens is 3. The van der Waals surface area contributed by atoms with Gasteiger partial charge in [-0.2, -0.15) is 15.4 Å². The van der Waals surface area contributed by atoms with E-state index < -0.39 is 0 Å². The first kappa shape index (κ1) is 10.7. The van der Waals surface area contributed by atoms with Gasteiger partial charge in [0.25, 0.3) is 5.91 Å². The van der Waals surface area contributed by atoms with Crippen LogP contribution in [0, 0.1) is 0 Å². The molecule has 6 nitrogen and oxygen atoms in total. The molecule has 1 aromatic heterocycles. The van der Waals surface area contributed by atoms with E-state index in [9.17, 15) is 4.79 Å². The number of aromatic amines is 1. The van der Waals surface area contributed by atoms with Crippen molar-refractivity contribution in [2.75, 3.05) is 26.2 Å². The molecule has 1 unspecified atom stereocenters. The van der Waals surface area contributed by atoms with Gasteiger partial charge < -0.3 is 4.90 Å². The predicted octanol–water partition coefficient (Wildman–Crippen LogP) is 0.115. The summed E-state index contributed by atoms with van der Waals surface area (Å²) in [4.78, 5) is 16.5. The molecule has 6 heteroatoms. The molecular weight excluding hydrogens is 218 g/mol. The molecule has 0 aromatic carbocycles. The van der Waals surface area contributed by atoms with Crippen molar-refractivity contribution >= 4 is 5.91 Å². The van der Waals surface area contributed by atoms with Crippen LogP contribution in [-0.4, -0.2) is 63.3 Å². The van der Waals surface area contributed by atoms with Gasteiger partial charge in [0.05, 0.1) is 6.20 Å². The number of rotatable bonds is 2. The first-order valence-electron chi connectivity index (χ1n) is 6.24. The van der Waals surface area contributed by atoms with Crippen LogP contribution in [0.1, 0.15) is 29.8 Å². The van der Waals surface area contributed by atoms with Crippen molar-refractivity contribution in [1.82, 2.24) is 25.2 Å². The standard InChI is InChI=1S/C11H17N5O/c17-11(10-7-12-14-13-10)16-6-3-9(8-16)15-4-1-2-5-15/h7,9H,1-6,8H2,(H,12,13,14). The molecule has 2 fully saturated rings. The van der Waals surface area contributed by atoms with E-state index in [1.807, 2.05) is 4.90 Å². The van der Waals surface area contributed by atoms with Crippen LogP contribution < -0.4 is 0 Å². The monoisotopic (exact) mass is 235 g/mol. The Labute approximate surface area is 100.0 Å². The second-order valence-electron chi connectivity index (χ2n) is 4.79. The van der Waals surface area contributed by atoms with Crippen molar-refractivity contribution in [1.29, 1.82) is 0 Å². The molecule has 1 N–H and O–H groups in total. The summed E-state index contributed by atoms with van der Waals surface area (Å²) in [5.41, 5.74) is 0.423. The molecule has 0 aliphatic carbocycles. The average Bonchev–Trinajstić information content (AvgIpc) is 3.09. The fraction of sp³-hybridized carbons (Fsp3) is 0.727. The number of likely N-dealkylation sites (tertiary alicyclic amines) is 2. The van der Waals surface area contributed by atoms with Crippen LogP contribution in [0.15, 0.2) is 6.20 Å². The third-order valence-corrected chi connectivity index (χ3v) is 3.74. The Kier molecular flexibility index (Phi) is 2.80. The SMILES string of the molecule is O=C(c1cn[nH]n1)N1CCC(N2CCCC2)C1. The molecular formula is C11H17N5O. The summed E-state index contributed by atoms with van der Waals surface area (Å²) >= 11 is 0. The number of carbonyl (C=O) groups excluding carboxylic acids is 1. The lowest BCUT2D eigenvalue weighted by Crippen LogP contribution is -2.37. The van der Waals surface area contributed by atoms with E-state index >= 15 is 0 Å². The maximum Gasteiger partial charge on any atom is 0.276 e. The second kappa shape index (κ2) is 4.44. The second-order valence-corrected chi connectivity index (χ2v) is 4.79. The van der Waals surface area contributed by atoms with Crippen LogP contribution in [0.3, 0.4) is 0 Å². The highest BCUT2D eigenvalue weighted by atomic mass is 16.2. The lowest BCUT2D eigenvalue weighted by molar-refractivity contribution is 0.0774. The summed E-state index contributed by atoms with van der Waals surface area (Å²) in [5, 5.41) is 10.0. The molecule has 0 saturated carbocycles. The molecule has 1 atom stereocenters. The van der Waals surface area contributed by atoms with Crippen molar-refractivity contribution in [3.05, 3.63) is 11.9 Å². The third kappa shape index (κ3) is 2.04. The minimum atomic E-state index is 0.000414. The Morgan fingerprint density at radius 3 is 2.88 bits per heavy atom. The van der Waals surface area contributed by atoms with Gasteiger partial charge in [-0.05, 0) is 32.4 Å². The van der Waals surface area contributed by atoms with E-state index in [2.05, 4.69) is 20.3 Å². The van der Waals surface area contributed by atoms with Crippen LogP contribution >= 0.6 is 0 Å². The number of carbonyl (C=O) groups is 1. The number of nitrogens with one attached hydrogen (secondary N) is 1. The molecule has 17 heavy (non-hydrogen) atoms. The maximum atomic E-state index is 12.1. The molecule has 0 radical (unpaired) electrons. The van der Waals surface area contributed by atoms with Gasteiger partial charge in [0.2, 0.25) is 0 Å². The van der Waals surface area contributed by atoms with E-state index in [-0.39, 0.29) is 5.91 Å². The van der Waals surface area contributed by atoms with Gasteiger partial charge >= 0.3 is 0 Å². The fourth-order valence-corrected chi connectivity index (χ4v) is 2.80. The molecule has 1 aromatic rings. The fourth-order valence-electron chi connectivity index (χ4n) is 2.80. The number of H-pyrrole nitrogens is 1. The lowest BCUT2D eigenvalue weighted by Gasteiger charge is -2.23. The zero-order valence-electron chi connectivity index (χ0n) is 9.80. The summed E-state index contributed by atoms with van der Waals surface area (Å²) in [6, 6.07) is 0.549. The van der Waals surface area contributed by atoms with Crippen LogP contribution in [0.2, 0.25) is 0 Å². The zero-order valence-corrected chi connectivity index (χ0v) is 9.80. The van der Waals surface area contributed by atoms with Gasteiger partial charge in [-0.1, -0.05) is 0 Å². The van der Waals surface area contributed by atoms with Gasteiger partial charge in [-0.15, -0.1) is 0 Å². The Morgan fingerprint density at radius 2 is 2.18 bits per heavy atom. The summed E-state index contributed by atoms with van der Waals surface area (Å²) in [6.45, 7) is 4.06. The van der Waals surface area contributed by atoms with Crippen molar-refractivity contribution < 1.29 is 4.79 Å². The Bertz CT molecular complexity index is 385. The van der Waals surface area contributed by atoms with Gasteiger partial charge in [-0.25, -0.2) is 0 Å². The minimum absolute atomic E-state index is 0.000414. The minimum Gasteiger partial charge on any atom is -0.336 e. The molecule has 0 bridgehead atoms. The van der Waals surface area contributed by atoms with Gasteiger partial charge in [-0.3, -0.25) is 9.69 Å². The number of amides is 1. The van der Waals surface area contributed by atoms with E-state index in [1.54, 1.807) is 0 Å². The number of nitrogens with zero attached hydrogens (tertiary/aromatic N) is 4. The quantitative estimate of drug-likeness (QED) is 0.790. The maximum absolute atomic E-state index is 12.1. The largest absolute Gasteiger partial charge is 0.336 e. The summed E-state index contributed by atoms with van der Waals surface area (Å²) in [7, 11) is 0. The molecule has 2 saturated heterocycles. The molecule has 0 spiro atoms. The van der Waals surface area contributed by atoms with Crippen LogP contribution in [0.25, 0.3) is 0 Å². The molecule has 1 amide bonds. The number of hydrogen-bond donors (Lipinski definition) is 1. The van der Waals surface area contributed by atoms with Gasteiger partial charge in [0.1, 0.15) is 0 Å². The normalized spacial score (nSPS) is 25.6. The molecule has 2 aliphatic rings. The average molecular weight is 235 g/mol. The Morgan fingerprint density at radius 1 is 1.35 bits per heavy atom. The van der Waals surface area contributed by atoms with Crippen molar-refractivity contribution in [3.63, 3.8) is 0 Å². The van der Waals surface area contributed by atoms with Crippen LogP contribution in [-0.2, 0) is 0 Å². The highest BCUT2D eigenvalue weighted by Crippen LogP contribution is 2.21. The van der Waals surface area contributed by atoms with E-state index in [0.717, 1.165) is 19.5 Å². The van der Waals surface area contributed by atoms with E-state index in [1.165, 1.54) is 32.1 Å². The van der Waals surface area contributed by atoms with Gasteiger partial charge in [0, 0.05) is 19.1 Å². The lowest BCUT2D eigenvalue weighted by atomic mass is 10.2. The molecule has 92 valence electrons. The first-order valence-corrected chi connectivity index (χ1v) is 6.24. The molecule has 2 aliphatic heterocycles. The Balaban J connectivity index is 1.62. The Hall–Kier alpha value is -1.43. The van der Waals surface area contributed by atoms with Crippen molar-refractivity contribution in [2.45, 2.75) is 25.3 Å². The topological polar surface area (TPSA) is 65.1 Å². The van der Waals surface area contributed by atoms with E-state index in [4.69, 9.17) is 0 Å². The smallest absolute Gasteiger partial charge is 0.276 e. The highest BCUT2D eigenvalue weighted by molar-refractivity contribution is 5.92. The number of hydrogen-bond acceptors (Lipinski definition) is 4. The van der Waals surface area contributed by atoms with Crippen molar-refractivity contribution in [2.24, 2.45) is 0 Å². The van der Waals surface area contributed by atoms with Crippen LogP contribution in [0.4, 0.5) is 0 Å². The molecule has 3 heterocycles. The predicted molar refractivity (Wildman–Crippen MR) is 61.5 cm³/mol. The van der Waals surface area contributed by atoms with Gasteiger partial charge in [0.15, 0.2) is 5.69 Å². The summed E-state index contributed by atoms with van der Waals surface area (Å²) in [5.74, 6) is 0.000414. The summed E-state index contributed by atoms with van der Waals surface area (Å²) < 4.78 is 0. The highest BCUT2D eigenvalue weighted by Gasteiger charge is 2.32. The first-order chi connectivity index (χ1) is 8.34. The third-order valence-electron chi connectivity index (χ3n) is 3.74. The van der Waals surface area contributed by atoms with E-state index in [0.29, 0.717) is 11.7 Å². The molecule has 3 rings (SSSR count). The summed E-state index contributed by atoms with van der Waals surface area (Å²) in [6.07, 6.45) is 5.18.